The zero-order chi connectivity index (χ0) is 16.7. The number of nitrogens with one attached hydrogen (secondary N) is 3. The van der Waals surface area contributed by atoms with Gasteiger partial charge in [-0.25, -0.2) is 0 Å². The Labute approximate surface area is 137 Å². The van der Waals surface area contributed by atoms with Crippen LogP contribution in [0.1, 0.15) is 28.4 Å². The van der Waals surface area contributed by atoms with E-state index in [9.17, 15) is 14.4 Å². The summed E-state index contributed by atoms with van der Waals surface area (Å²) in [6.07, 6.45) is 1.52. The first kappa shape index (κ1) is 16.8. The minimum absolute atomic E-state index is 0.168. The number of thiophene rings is 1. The molecule has 2 aromatic rings. The summed E-state index contributed by atoms with van der Waals surface area (Å²) >= 11 is 1.29. The average molecular weight is 335 g/mol. The van der Waals surface area contributed by atoms with Gasteiger partial charge in [-0.2, -0.15) is 0 Å². The number of amides is 3. The molecule has 0 aliphatic carbocycles. The third-order valence-corrected chi connectivity index (χ3v) is 3.82. The molecule has 0 fully saturated rings. The molecule has 0 aliphatic heterocycles. The zero-order valence-corrected chi connectivity index (χ0v) is 13.3. The number of carbonyl (C=O) groups excluding carboxylic acids is 3. The van der Waals surface area contributed by atoms with Crippen molar-refractivity contribution in [2.75, 3.05) is 13.1 Å². The van der Waals surface area contributed by atoms with Crippen molar-refractivity contribution in [3.05, 3.63) is 46.5 Å². The topological polar surface area (TPSA) is 100 Å². The van der Waals surface area contributed by atoms with Crippen molar-refractivity contribution in [1.82, 2.24) is 16.0 Å². The molecule has 2 heterocycles. The molecular weight excluding hydrogens is 318 g/mol. The summed E-state index contributed by atoms with van der Waals surface area (Å²) in [5.74, 6) is -0.457. The van der Waals surface area contributed by atoms with E-state index in [2.05, 4.69) is 16.0 Å². The monoisotopic (exact) mass is 335 g/mol. The Morgan fingerprint density at radius 3 is 2.57 bits per heavy atom. The van der Waals surface area contributed by atoms with E-state index in [1.807, 2.05) is 0 Å². The fraction of sp³-hybridized carbons (Fsp3) is 0.267. The molecular formula is C15H17N3O4S. The maximum absolute atomic E-state index is 11.7. The molecule has 122 valence electrons. The van der Waals surface area contributed by atoms with Gasteiger partial charge in [-0.1, -0.05) is 6.07 Å². The van der Waals surface area contributed by atoms with E-state index in [0.29, 0.717) is 10.6 Å². The summed E-state index contributed by atoms with van der Waals surface area (Å²) < 4.78 is 5.17. The Kier molecular flexibility index (Phi) is 5.93. The van der Waals surface area contributed by atoms with E-state index in [0.717, 1.165) is 0 Å². The number of hydrogen-bond donors (Lipinski definition) is 3. The lowest BCUT2D eigenvalue weighted by molar-refractivity contribution is -0.125. The van der Waals surface area contributed by atoms with Gasteiger partial charge in [0.05, 0.1) is 30.3 Å². The van der Waals surface area contributed by atoms with Gasteiger partial charge in [0.2, 0.25) is 11.8 Å². The molecule has 2 aromatic heterocycles. The minimum Gasteiger partial charge on any atom is -0.467 e. The number of rotatable bonds is 7. The third kappa shape index (κ3) is 5.26. The van der Waals surface area contributed by atoms with Crippen molar-refractivity contribution >= 4 is 29.1 Å². The molecule has 1 atom stereocenters. The summed E-state index contributed by atoms with van der Waals surface area (Å²) in [7, 11) is 0. The lowest BCUT2D eigenvalue weighted by Gasteiger charge is -2.12. The predicted octanol–water partition coefficient (Wildman–Crippen LogP) is 1.06. The van der Waals surface area contributed by atoms with Crippen LogP contribution in [0.3, 0.4) is 0 Å². The van der Waals surface area contributed by atoms with Crippen LogP contribution < -0.4 is 16.0 Å². The average Bonchev–Trinajstić information content (AvgIpc) is 3.23. The number of carbonyl (C=O) groups is 3. The van der Waals surface area contributed by atoms with E-state index in [1.165, 1.54) is 17.6 Å². The molecule has 0 saturated heterocycles. The Morgan fingerprint density at radius 2 is 1.91 bits per heavy atom. The first-order chi connectivity index (χ1) is 11.1. The Hall–Kier alpha value is -2.61. The van der Waals surface area contributed by atoms with Crippen molar-refractivity contribution in [3.63, 3.8) is 0 Å². The van der Waals surface area contributed by atoms with E-state index in [-0.39, 0.29) is 30.9 Å². The van der Waals surface area contributed by atoms with Gasteiger partial charge in [-0.05, 0) is 30.5 Å². The Balaban J connectivity index is 1.65. The molecule has 23 heavy (non-hydrogen) atoms. The molecule has 2 rings (SSSR count). The van der Waals surface area contributed by atoms with Gasteiger partial charge in [-0.3, -0.25) is 14.4 Å². The fourth-order valence-corrected chi connectivity index (χ4v) is 2.44. The van der Waals surface area contributed by atoms with Crippen LogP contribution >= 0.6 is 11.3 Å². The summed E-state index contributed by atoms with van der Waals surface area (Å²) in [5, 5.41) is 9.39. The Morgan fingerprint density at radius 1 is 1.13 bits per heavy atom. The summed E-state index contributed by atoms with van der Waals surface area (Å²) in [5.41, 5.74) is 0. The van der Waals surface area contributed by atoms with E-state index >= 15 is 0 Å². The predicted molar refractivity (Wildman–Crippen MR) is 84.9 cm³/mol. The largest absolute Gasteiger partial charge is 0.467 e. The SMILES string of the molecule is C[C@H](NC(=O)CNC(=O)CNC(=O)c1cccs1)c1ccco1. The van der Waals surface area contributed by atoms with Crippen LogP contribution in [0.15, 0.2) is 40.3 Å². The second-order valence-electron chi connectivity index (χ2n) is 4.74. The number of furan rings is 1. The van der Waals surface area contributed by atoms with Crippen LogP contribution in [0.25, 0.3) is 0 Å². The minimum atomic E-state index is -0.435. The summed E-state index contributed by atoms with van der Waals surface area (Å²) in [6.45, 7) is 1.43. The first-order valence-electron chi connectivity index (χ1n) is 6.97. The van der Waals surface area contributed by atoms with Crippen LogP contribution in [0, 0.1) is 0 Å². The van der Waals surface area contributed by atoms with Gasteiger partial charge in [0, 0.05) is 0 Å². The summed E-state index contributed by atoms with van der Waals surface area (Å²) in [4.78, 5) is 35.5. The second-order valence-corrected chi connectivity index (χ2v) is 5.69. The maximum atomic E-state index is 11.7. The molecule has 0 radical (unpaired) electrons. The highest BCUT2D eigenvalue weighted by atomic mass is 32.1. The van der Waals surface area contributed by atoms with Gasteiger partial charge in [0.15, 0.2) is 0 Å². The number of hydrogen-bond acceptors (Lipinski definition) is 5. The molecule has 7 nitrogen and oxygen atoms in total. The third-order valence-electron chi connectivity index (χ3n) is 2.95. The fourth-order valence-electron chi connectivity index (χ4n) is 1.80. The van der Waals surface area contributed by atoms with Crippen LogP contribution in [0.4, 0.5) is 0 Å². The van der Waals surface area contributed by atoms with Crippen LogP contribution in [0.5, 0.6) is 0 Å². The van der Waals surface area contributed by atoms with Crippen molar-refractivity contribution in [3.8, 4) is 0 Å². The van der Waals surface area contributed by atoms with Crippen LogP contribution in [-0.4, -0.2) is 30.8 Å². The molecule has 0 bridgehead atoms. The molecule has 0 spiro atoms. The van der Waals surface area contributed by atoms with Gasteiger partial charge >= 0.3 is 0 Å². The summed E-state index contributed by atoms with van der Waals surface area (Å²) in [6, 6.07) is 6.62. The van der Waals surface area contributed by atoms with Crippen molar-refractivity contribution in [2.24, 2.45) is 0 Å². The van der Waals surface area contributed by atoms with Crippen molar-refractivity contribution in [1.29, 1.82) is 0 Å². The van der Waals surface area contributed by atoms with Gasteiger partial charge < -0.3 is 20.4 Å². The molecule has 3 amide bonds. The molecule has 8 heteroatoms. The van der Waals surface area contributed by atoms with Gasteiger partial charge in [0.25, 0.3) is 5.91 Å². The lowest BCUT2D eigenvalue weighted by atomic mass is 10.2. The quantitative estimate of drug-likeness (QED) is 0.704. The standard InChI is InChI=1S/C15H17N3O4S/c1-10(11-4-2-6-22-11)18-14(20)9-16-13(19)8-17-15(21)12-5-3-7-23-12/h2-7,10H,8-9H2,1H3,(H,16,19)(H,17,21)(H,18,20)/t10-/m0/s1. The molecule has 0 aromatic carbocycles. The highest BCUT2D eigenvalue weighted by Crippen LogP contribution is 2.11. The lowest BCUT2D eigenvalue weighted by Crippen LogP contribution is -2.42. The molecule has 0 aliphatic rings. The molecule has 0 saturated carbocycles. The van der Waals surface area contributed by atoms with E-state index in [4.69, 9.17) is 4.42 Å². The van der Waals surface area contributed by atoms with E-state index in [1.54, 1.807) is 36.6 Å². The highest BCUT2D eigenvalue weighted by molar-refractivity contribution is 7.12. The smallest absolute Gasteiger partial charge is 0.261 e. The van der Waals surface area contributed by atoms with E-state index < -0.39 is 5.91 Å². The zero-order valence-electron chi connectivity index (χ0n) is 12.5. The van der Waals surface area contributed by atoms with Crippen LogP contribution in [-0.2, 0) is 9.59 Å². The first-order valence-corrected chi connectivity index (χ1v) is 7.85. The van der Waals surface area contributed by atoms with Crippen LogP contribution in [0.2, 0.25) is 0 Å². The van der Waals surface area contributed by atoms with Gasteiger partial charge in [-0.15, -0.1) is 11.3 Å². The highest BCUT2D eigenvalue weighted by Gasteiger charge is 2.13. The normalized spacial score (nSPS) is 11.5. The van der Waals surface area contributed by atoms with Crippen molar-refractivity contribution < 1.29 is 18.8 Å². The van der Waals surface area contributed by atoms with Crippen molar-refractivity contribution in [2.45, 2.75) is 13.0 Å². The maximum Gasteiger partial charge on any atom is 0.261 e. The molecule has 0 unspecified atom stereocenters. The second kappa shape index (κ2) is 8.14. The molecule has 3 N–H and O–H groups in total. The Bertz CT molecular complexity index is 652. The van der Waals surface area contributed by atoms with Gasteiger partial charge in [0.1, 0.15) is 5.76 Å².